The molecule has 6 aromatic rings. The molecule has 4 unspecified atom stereocenters. The Hall–Kier alpha value is -5.91. The van der Waals surface area contributed by atoms with Gasteiger partial charge in [0.1, 0.15) is 11.5 Å². The van der Waals surface area contributed by atoms with E-state index in [2.05, 4.69) is 29.7 Å². The lowest BCUT2D eigenvalue weighted by Gasteiger charge is -2.41. The molecule has 4 atom stereocenters. The number of thioether (sulfide) groups is 1. The number of amides is 2. The van der Waals surface area contributed by atoms with Crippen molar-refractivity contribution in [2.45, 2.75) is 43.5 Å². The highest BCUT2D eigenvalue weighted by Crippen LogP contribution is 2.43. The van der Waals surface area contributed by atoms with Crippen molar-refractivity contribution < 1.29 is 34.0 Å². The molecule has 1 aliphatic heterocycles. The van der Waals surface area contributed by atoms with Crippen molar-refractivity contribution in [2.75, 3.05) is 11.1 Å². The molecule has 0 spiro atoms. The number of para-hydroxylation sites is 1. The van der Waals surface area contributed by atoms with Crippen LogP contribution >= 0.6 is 11.8 Å². The number of nitrogens with one attached hydrogen (secondary N) is 2. The molecular formula is C46H42N2O7S. The molecule has 0 saturated carbocycles. The molecule has 2 amide bonds. The number of anilines is 1. The highest BCUT2D eigenvalue weighted by Gasteiger charge is 2.38. The number of carbonyl (C=O) groups excluding carboxylic acids is 1. The number of rotatable bonds is 13. The topological polar surface area (TPSA) is 126 Å². The Kier molecular flexibility index (Phi) is 12.4. The second-order valence-corrected chi connectivity index (χ2v) is 14.6. The normalized spacial score (nSPS) is 17.8. The summed E-state index contributed by atoms with van der Waals surface area (Å²) in [4.78, 5) is 25.1. The number of hydrogen-bond donors (Lipinski definition) is 4. The smallest absolute Gasteiger partial charge is 0.335 e. The van der Waals surface area contributed by atoms with Gasteiger partial charge in [0.05, 0.1) is 24.4 Å². The van der Waals surface area contributed by atoms with Gasteiger partial charge in [0.25, 0.3) is 0 Å². The Morgan fingerprint density at radius 1 is 0.714 bits per heavy atom. The van der Waals surface area contributed by atoms with Gasteiger partial charge in [0.15, 0.2) is 6.29 Å². The molecule has 10 heteroatoms. The molecule has 0 bridgehead atoms. The molecule has 56 heavy (non-hydrogen) atoms. The van der Waals surface area contributed by atoms with E-state index in [9.17, 15) is 19.8 Å². The number of carboxylic acids is 1. The summed E-state index contributed by atoms with van der Waals surface area (Å²) in [5.74, 6) is 1.09. The van der Waals surface area contributed by atoms with Crippen LogP contribution in [-0.2, 0) is 22.6 Å². The SMILES string of the molecule is CC1C(CSc2ccc(C(=O)O)cc2)OC(c2cccc(-c3cccc(CNC(=O)Nc4ccc(Oc5ccccc5)cc4)c3)c2)OC1c1ccc(CO)cc1. The first kappa shape index (κ1) is 38.4. The summed E-state index contributed by atoms with van der Waals surface area (Å²) in [5, 5.41) is 24.8. The monoisotopic (exact) mass is 766 g/mol. The number of hydrogen-bond acceptors (Lipinski definition) is 7. The van der Waals surface area contributed by atoms with E-state index in [-0.39, 0.29) is 36.3 Å². The Morgan fingerprint density at radius 3 is 2.12 bits per heavy atom. The molecule has 4 N–H and O–H groups in total. The standard InChI is InChI=1S/C46H42N2O7S/c1-30-42(29-56-41-23-17-34(18-24-41)44(50)51)54-45(55-43(30)33-15-13-31(28-49)14-16-33)37-10-6-9-36(26-37)35-8-5-7-32(25-35)27-47-46(52)48-38-19-21-40(22-20-38)53-39-11-3-2-4-12-39/h2-26,30,42-43,45,49H,27-29H2,1H3,(H,50,51)(H2,47,48,52). The van der Waals surface area contributed by atoms with Crippen LogP contribution in [0.5, 0.6) is 11.5 Å². The van der Waals surface area contributed by atoms with Crippen molar-refractivity contribution in [3.8, 4) is 22.6 Å². The fourth-order valence-corrected chi connectivity index (χ4v) is 7.56. The fourth-order valence-electron chi connectivity index (χ4n) is 6.50. The number of carbonyl (C=O) groups is 2. The van der Waals surface area contributed by atoms with E-state index in [1.165, 1.54) is 0 Å². The Labute approximate surface area is 330 Å². The van der Waals surface area contributed by atoms with E-state index in [0.717, 1.165) is 44.0 Å². The van der Waals surface area contributed by atoms with Gasteiger partial charge in [-0.15, -0.1) is 11.8 Å². The van der Waals surface area contributed by atoms with Gasteiger partial charge in [0, 0.05) is 34.4 Å². The van der Waals surface area contributed by atoms with Gasteiger partial charge in [-0.3, -0.25) is 0 Å². The third-order valence-corrected chi connectivity index (χ3v) is 10.7. The summed E-state index contributed by atoms with van der Waals surface area (Å²) in [6.45, 7) is 2.41. The van der Waals surface area contributed by atoms with Crippen molar-refractivity contribution in [1.29, 1.82) is 0 Å². The molecule has 0 aromatic heterocycles. The summed E-state index contributed by atoms with van der Waals surface area (Å²) >= 11 is 1.61. The van der Waals surface area contributed by atoms with Crippen LogP contribution in [0.15, 0.2) is 157 Å². The number of urea groups is 1. The predicted molar refractivity (Wildman–Crippen MR) is 218 cm³/mol. The lowest BCUT2D eigenvalue weighted by Crippen LogP contribution is -2.38. The Bertz CT molecular complexity index is 2230. The molecule has 0 radical (unpaired) electrons. The molecule has 0 aliphatic carbocycles. The Morgan fingerprint density at radius 2 is 1.41 bits per heavy atom. The van der Waals surface area contributed by atoms with Gasteiger partial charge < -0.3 is 35.1 Å². The summed E-state index contributed by atoms with van der Waals surface area (Å²) in [6.07, 6.45) is -1.11. The first-order chi connectivity index (χ1) is 27.3. The second kappa shape index (κ2) is 18.1. The van der Waals surface area contributed by atoms with Gasteiger partial charge >= 0.3 is 12.0 Å². The average molecular weight is 767 g/mol. The molecule has 1 heterocycles. The minimum absolute atomic E-state index is 0.00500. The summed E-state index contributed by atoms with van der Waals surface area (Å²) in [7, 11) is 0. The molecule has 1 aliphatic rings. The zero-order valence-electron chi connectivity index (χ0n) is 30.7. The molecule has 7 rings (SSSR count). The van der Waals surface area contributed by atoms with Crippen molar-refractivity contribution >= 4 is 29.4 Å². The summed E-state index contributed by atoms with van der Waals surface area (Å²) in [5.41, 5.74) is 6.49. The van der Waals surface area contributed by atoms with E-state index in [1.54, 1.807) is 36.0 Å². The number of ether oxygens (including phenoxy) is 3. The molecular weight excluding hydrogens is 725 g/mol. The number of carboxylic acid groups (broad SMARTS) is 1. The zero-order valence-corrected chi connectivity index (χ0v) is 31.5. The molecule has 1 fully saturated rings. The molecule has 1 saturated heterocycles. The van der Waals surface area contributed by atoms with E-state index < -0.39 is 12.3 Å². The first-order valence-electron chi connectivity index (χ1n) is 18.3. The number of aromatic carboxylic acids is 1. The minimum atomic E-state index is -0.956. The van der Waals surface area contributed by atoms with Gasteiger partial charge in [0.2, 0.25) is 0 Å². The molecule has 9 nitrogen and oxygen atoms in total. The van der Waals surface area contributed by atoms with Crippen molar-refractivity contribution in [3.05, 3.63) is 179 Å². The molecule has 284 valence electrons. The van der Waals surface area contributed by atoms with Gasteiger partial charge in [-0.1, -0.05) is 85.8 Å². The van der Waals surface area contributed by atoms with Crippen molar-refractivity contribution in [3.63, 3.8) is 0 Å². The first-order valence-corrected chi connectivity index (χ1v) is 19.3. The van der Waals surface area contributed by atoms with Crippen LogP contribution < -0.4 is 15.4 Å². The van der Waals surface area contributed by atoms with E-state index in [4.69, 9.17) is 14.2 Å². The van der Waals surface area contributed by atoms with Crippen LogP contribution in [0.3, 0.4) is 0 Å². The summed E-state index contributed by atoms with van der Waals surface area (Å²) < 4.78 is 19.2. The highest BCUT2D eigenvalue weighted by molar-refractivity contribution is 7.99. The average Bonchev–Trinajstić information content (AvgIpc) is 3.24. The van der Waals surface area contributed by atoms with Gasteiger partial charge in [-0.25, -0.2) is 9.59 Å². The van der Waals surface area contributed by atoms with Crippen molar-refractivity contribution in [2.24, 2.45) is 5.92 Å². The van der Waals surface area contributed by atoms with Gasteiger partial charge in [-0.2, -0.15) is 0 Å². The Balaban J connectivity index is 1.02. The van der Waals surface area contributed by atoms with Gasteiger partial charge in [-0.05, 0) is 101 Å². The third kappa shape index (κ3) is 9.84. The van der Waals surface area contributed by atoms with Crippen LogP contribution in [0, 0.1) is 5.92 Å². The van der Waals surface area contributed by atoms with Crippen LogP contribution in [0.25, 0.3) is 11.1 Å². The fraction of sp³-hybridized carbons (Fsp3) is 0.174. The predicted octanol–water partition coefficient (Wildman–Crippen LogP) is 10.2. The number of aliphatic hydroxyl groups excluding tert-OH is 1. The van der Waals surface area contributed by atoms with E-state index in [1.807, 2.05) is 115 Å². The third-order valence-electron chi connectivity index (χ3n) is 9.60. The minimum Gasteiger partial charge on any atom is -0.478 e. The quantitative estimate of drug-likeness (QED) is 0.0856. The largest absolute Gasteiger partial charge is 0.478 e. The van der Waals surface area contributed by atoms with Crippen LogP contribution in [0.1, 0.15) is 51.9 Å². The van der Waals surface area contributed by atoms with E-state index >= 15 is 0 Å². The molecule has 6 aromatic carbocycles. The van der Waals surface area contributed by atoms with Crippen molar-refractivity contribution in [1.82, 2.24) is 5.32 Å². The maximum atomic E-state index is 12.8. The van der Waals surface area contributed by atoms with E-state index in [0.29, 0.717) is 23.7 Å². The van der Waals surface area contributed by atoms with Crippen LogP contribution in [-0.4, -0.2) is 34.1 Å². The zero-order chi connectivity index (χ0) is 38.9. The maximum Gasteiger partial charge on any atom is 0.335 e. The number of aliphatic hydroxyl groups is 1. The maximum absolute atomic E-state index is 12.8. The number of benzene rings is 6. The lowest BCUT2D eigenvalue weighted by molar-refractivity contribution is -0.268. The summed E-state index contributed by atoms with van der Waals surface area (Å²) in [6, 6.07) is 47.2. The van der Waals surface area contributed by atoms with Crippen LogP contribution in [0.2, 0.25) is 0 Å². The lowest BCUT2D eigenvalue weighted by atomic mass is 9.91. The van der Waals surface area contributed by atoms with Crippen LogP contribution in [0.4, 0.5) is 10.5 Å². The highest BCUT2D eigenvalue weighted by atomic mass is 32.2. The second-order valence-electron chi connectivity index (χ2n) is 13.5.